The zero-order chi connectivity index (χ0) is 23.2. The lowest BCUT2D eigenvalue weighted by atomic mass is 10.1. The number of piperazine rings is 1. The number of amides is 2. The van der Waals surface area contributed by atoms with Crippen LogP contribution in [0.2, 0.25) is 5.02 Å². The van der Waals surface area contributed by atoms with Crippen molar-refractivity contribution >= 4 is 34.9 Å². The van der Waals surface area contributed by atoms with E-state index >= 15 is 0 Å². The number of anilines is 1. The Kier molecular flexibility index (Phi) is 5.51. The number of rotatable bonds is 4. The molecule has 0 bridgehead atoms. The largest absolute Gasteiger partial charge is 0.417 e. The van der Waals surface area contributed by atoms with Gasteiger partial charge in [0.2, 0.25) is 0 Å². The van der Waals surface area contributed by atoms with Crippen molar-refractivity contribution in [3.63, 3.8) is 0 Å². The molecule has 0 N–H and O–H groups in total. The van der Waals surface area contributed by atoms with Crippen LogP contribution in [-0.2, 0) is 6.18 Å². The first-order valence-corrected chi connectivity index (χ1v) is 9.79. The Balaban J connectivity index is 1.43. The summed E-state index contributed by atoms with van der Waals surface area (Å²) in [5, 5.41) is 11.1. The van der Waals surface area contributed by atoms with Crippen LogP contribution in [0, 0.1) is 10.1 Å². The van der Waals surface area contributed by atoms with Crippen molar-refractivity contribution in [1.29, 1.82) is 0 Å². The molecule has 2 aromatic rings. The Morgan fingerprint density at radius 3 is 2.41 bits per heavy atom. The van der Waals surface area contributed by atoms with E-state index in [1.165, 1.54) is 18.2 Å². The molecule has 2 aliphatic rings. The Morgan fingerprint density at radius 1 is 1.12 bits per heavy atom. The fraction of sp³-hybridized carbons (Fsp3) is 0.316. The summed E-state index contributed by atoms with van der Waals surface area (Å²) >= 11 is 6.00. The smallest absolute Gasteiger partial charge is 0.353 e. The number of hydrogen-bond acceptors (Lipinski definition) is 7. The fourth-order valence-corrected chi connectivity index (χ4v) is 4.00. The molecule has 2 amide bonds. The van der Waals surface area contributed by atoms with Gasteiger partial charge in [-0.15, -0.1) is 0 Å². The number of alkyl halides is 3. The number of hydrogen-bond donors (Lipinski definition) is 0. The maximum Gasteiger partial charge on any atom is 0.417 e. The van der Waals surface area contributed by atoms with E-state index in [1.807, 2.05) is 0 Å². The van der Waals surface area contributed by atoms with Gasteiger partial charge in [-0.25, -0.2) is 4.98 Å². The third-order valence-electron chi connectivity index (χ3n) is 5.34. The second kappa shape index (κ2) is 8.02. The summed E-state index contributed by atoms with van der Waals surface area (Å²) < 4.78 is 38.4. The Morgan fingerprint density at radius 2 is 1.81 bits per heavy atom. The van der Waals surface area contributed by atoms with Crippen LogP contribution in [0.1, 0.15) is 26.3 Å². The van der Waals surface area contributed by atoms with Gasteiger partial charge in [0, 0.05) is 38.4 Å². The molecule has 4 rings (SSSR count). The van der Waals surface area contributed by atoms with Crippen LogP contribution in [0.15, 0.2) is 30.5 Å². The van der Waals surface area contributed by atoms with Crippen LogP contribution in [0.4, 0.5) is 24.7 Å². The summed E-state index contributed by atoms with van der Waals surface area (Å²) in [5.74, 6) is -1.12. The molecule has 3 heterocycles. The number of imide groups is 1. The topological polar surface area (TPSA) is 99.9 Å². The number of nitrogens with zero attached hydrogens (tertiary/aromatic N) is 5. The Hall–Kier alpha value is -3.25. The Bertz CT molecular complexity index is 1120. The van der Waals surface area contributed by atoms with Gasteiger partial charge in [0.25, 0.3) is 17.5 Å². The van der Waals surface area contributed by atoms with Gasteiger partial charge in [-0.05, 0) is 12.1 Å². The Labute approximate surface area is 184 Å². The van der Waals surface area contributed by atoms with Crippen LogP contribution in [-0.4, -0.2) is 64.4 Å². The molecule has 1 aromatic carbocycles. The quantitative estimate of drug-likeness (QED) is 0.385. The lowest BCUT2D eigenvalue weighted by Gasteiger charge is -2.37. The minimum atomic E-state index is -4.55. The van der Waals surface area contributed by atoms with Gasteiger partial charge in [-0.2, -0.15) is 13.2 Å². The second-order valence-corrected chi connectivity index (χ2v) is 7.68. The highest BCUT2D eigenvalue weighted by Gasteiger charge is 2.41. The lowest BCUT2D eigenvalue weighted by Crippen LogP contribution is -2.51. The van der Waals surface area contributed by atoms with Crippen molar-refractivity contribution in [3.05, 3.63) is 62.3 Å². The number of nitro groups is 1. The molecule has 0 saturated carbocycles. The van der Waals surface area contributed by atoms with E-state index < -0.39 is 34.2 Å². The molecule has 0 atom stereocenters. The number of halogens is 4. The van der Waals surface area contributed by atoms with Gasteiger partial charge in [0.05, 0.1) is 27.7 Å². The highest BCUT2D eigenvalue weighted by Crippen LogP contribution is 2.34. The monoisotopic (exact) mass is 469 g/mol. The number of carbonyl (C=O) groups excluding carboxylic acids is 2. The summed E-state index contributed by atoms with van der Waals surface area (Å²) in [6.07, 6.45) is -3.82. The average Bonchev–Trinajstić information content (AvgIpc) is 2.98. The number of fused-ring (bicyclic) bond motifs is 1. The first-order valence-electron chi connectivity index (χ1n) is 9.41. The minimum Gasteiger partial charge on any atom is -0.353 e. The minimum absolute atomic E-state index is 0.0106. The predicted molar refractivity (Wildman–Crippen MR) is 106 cm³/mol. The fourth-order valence-electron chi connectivity index (χ4n) is 3.72. The van der Waals surface area contributed by atoms with E-state index in [-0.39, 0.29) is 28.6 Å². The van der Waals surface area contributed by atoms with Crippen LogP contribution < -0.4 is 4.90 Å². The first kappa shape index (κ1) is 22.0. The summed E-state index contributed by atoms with van der Waals surface area (Å²) in [5.41, 5.74) is -1.59. The molecule has 0 aliphatic carbocycles. The molecular formula is C19H15ClF3N5O4. The van der Waals surface area contributed by atoms with E-state index in [0.717, 1.165) is 17.2 Å². The summed E-state index contributed by atoms with van der Waals surface area (Å²) in [4.78, 5) is 44.1. The van der Waals surface area contributed by atoms with Crippen molar-refractivity contribution in [3.8, 4) is 0 Å². The second-order valence-electron chi connectivity index (χ2n) is 7.27. The zero-order valence-electron chi connectivity index (χ0n) is 16.3. The molecule has 0 unspecified atom stereocenters. The standard InChI is InChI=1S/C19H15ClF3N5O4/c20-13-8-11(19(21,22)23)9-24-16(13)26-6-4-25(5-7-26)10-27-17(29)12-2-1-3-14(28(31)32)15(12)18(27)30/h1-3,8-9H,4-7,10H2. The summed E-state index contributed by atoms with van der Waals surface area (Å²) in [7, 11) is 0. The van der Waals surface area contributed by atoms with Crippen molar-refractivity contribution < 1.29 is 27.7 Å². The summed E-state index contributed by atoms with van der Waals surface area (Å²) in [6.45, 7) is 1.37. The number of carbonyl (C=O) groups is 2. The maximum absolute atomic E-state index is 12.8. The van der Waals surface area contributed by atoms with Gasteiger partial charge in [0.1, 0.15) is 11.4 Å². The van der Waals surface area contributed by atoms with Gasteiger partial charge >= 0.3 is 6.18 Å². The lowest BCUT2D eigenvalue weighted by molar-refractivity contribution is -0.385. The van der Waals surface area contributed by atoms with Gasteiger partial charge in [-0.3, -0.25) is 29.5 Å². The van der Waals surface area contributed by atoms with Crippen molar-refractivity contribution in [1.82, 2.24) is 14.8 Å². The highest BCUT2D eigenvalue weighted by atomic mass is 35.5. The number of benzene rings is 1. The molecule has 9 nitrogen and oxygen atoms in total. The van der Waals surface area contributed by atoms with E-state index in [9.17, 15) is 32.9 Å². The van der Waals surface area contributed by atoms with E-state index in [2.05, 4.69) is 4.98 Å². The van der Waals surface area contributed by atoms with E-state index in [0.29, 0.717) is 26.2 Å². The average molecular weight is 470 g/mol. The number of nitro benzene ring substituents is 1. The molecule has 32 heavy (non-hydrogen) atoms. The van der Waals surface area contributed by atoms with Crippen molar-refractivity contribution in [2.24, 2.45) is 0 Å². The van der Waals surface area contributed by atoms with Crippen LogP contribution >= 0.6 is 11.6 Å². The molecule has 1 fully saturated rings. The number of aromatic nitrogens is 1. The van der Waals surface area contributed by atoms with Crippen LogP contribution in [0.25, 0.3) is 0 Å². The summed E-state index contributed by atoms with van der Waals surface area (Å²) in [6, 6.07) is 4.72. The molecule has 168 valence electrons. The van der Waals surface area contributed by atoms with Gasteiger partial charge in [-0.1, -0.05) is 17.7 Å². The third kappa shape index (κ3) is 3.86. The normalized spacial score (nSPS) is 17.1. The molecular weight excluding hydrogens is 455 g/mol. The van der Waals surface area contributed by atoms with Crippen LogP contribution in [0.3, 0.4) is 0 Å². The number of pyridine rings is 1. The van der Waals surface area contributed by atoms with Crippen molar-refractivity contribution in [2.45, 2.75) is 6.18 Å². The molecule has 2 aliphatic heterocycles. The van der Waals surface area contributed by atoms with Gasteiger partial charge in [0.15, 0.2) is 0 Å². The SMILES string of the molecule is O=C1c2cccc([N+](=O)[O-])c2C(=O)N1CN1CCN(c2ncc(C(F)(F)F)cc2Cl)CC1. The zero-order valence-corrected chi connectivity index (χ0v) is 17.1. The van der Waals surface area contributed by atoms with Crippen LogP contribution in [0.5, 0.6) is 0 Å². The van der Waals surface area contributed by atoms with Gasteiger partial charge < -0.3 is 4.90 Å². The molecule has 1 aromatic heterocycles. The maximum atomic E-state index is 12.8. The predicted octanol–water partition coefficient (Wildman–Crippen LogP) is 3.04. The third-order valence-corrected chi connectivity index (χ3v) is 5.61. The van der Waals surface area contributed by atoms with E-state index in [1.54, 1.807) is 9.80 Å². The molecule has 0 radical (unpaired) electrons. The molecule has 1 saturated heterocycles. The van der Waals surface area contributed by atoms with E-state index in [4.69, 9.17) is 11.6 Å². The molecule has 13 heteroatoms. The first-order chi connectivity index (χ1) is 15.1. The van der Waals surface area contributed by atoms with Crippen molar-refractivity contribution in [2.75, 3.05) is 37.7 Å². The molecule has 0 spiro atoms. The highest BCUT2D eigenvalue weighted by molar-refractivity contribution is 6.33.